The number of hydrogen-bond acceptors (Lipinski definition) is 4. The Morgan fingerprint density at radius 3 is 2.59 bits per heavy atom. The highest BCUT2D eigenvalue weighted by Crippen LogP contribution is 2.26. The van der Waals surface area contributed by atoms with Gasteiger partial charge in [-0.1, -0.05) is 38.0 Å². The first-order valence-corrected chi connectivity index (χ1v) is 7.56. The van der Waals surface area contributed by atoms with Crippen LogP contribution in [0.25, 0.3) is 0 Å². The highest BCUT2D eigenvalue weighted by Gasteiger charge is 2.24. The van der Waals surface area contributed by atoms with E-state index in [9.17, 15) is 0 Å². The summed E-state index contributed by atoms with van der Waals surface area (Å²) in [5.74, 6) is 0.694. The van der Waals surface area contributed by atoms with E-state index in [1.54, 1.807) is 0 Å². The van der Waals surface area contributed by atoms with Gasteiger partial charge in [0.25, 0.3) is 0 Å². The van der Waals surface area contributed by atoms with Crippen LogP contribution in [-0.4, -0.2) is 27.7 Å². The van der Waals surface area contributed by atoms with Gasteiger partial charge in [0.1, 0.15) is 5.01 Å². The summed E-state index contributed by atoms with van der Waals surface area (Å²) in [6.45, 7) is 6.60. The van der Waals surface area contributed by atoms with Crippen molar-refractivity contribution >= 4 is 22.9 Å². The van der Waals surface area contributed by atoms with Gasteiger partial charge < -0.3 is 0 Å². The van der Waals surface area contributed by atoms with Crippen LogP contribution < -0.4 is 0 Å². The predicted octanol–water partition coefficient (Wildman–Crippen LogP) is 3.59. The highest BCUT2D eigenvalue weighted by atomic mass is 35.5. The van der Waals surface area contributed by atoms with Crippen molar-refractivity contribution in [1.82, 2.24) is 15.1 Å². The molecule has 0 atom stereocenters. The zero-order valence-corrected chi connectivity index (χ0v) is 12.1. The summed E-state index contributed by atoms with van der Waals surface area (Å²) >= 11 is 7.34. The summed E-state index contributed by atoms with van der Waals surface area (Å²) in [7, 11) is 0. The van der Waals surface area contributed by atoms with E-state index in [2.05, 4.69) is 28.9 Å². The van der Waals surface area contributed by atoms with Crippen LogP contribution in [-0.2, 0) is 6.54 Å². The van der Waals surface area contributed by atoms with Crippen LogP contribution in [0.4, 0.5) is 0 Å². The molecule has 1 heterocycles. The van der Waals surface area contributed by atoms with Crippen LogP contribution in [0.5, 0.6) is 0 Å². The molecule has 0 amide bonds. The minimum absolute atomic E-state index is 0.552. The topological polar surface area (TPSA) is 29.0 Å². The maximum absolute atomic E-state index is 5.84. The van der Waals surface area contributed by atoms with Gasteiger partial charge in [-0.05, 0) is 30.4 Å². The standard InChI is InChI=1S/C12H20ClN3S/c1-9(2)7-16(10-5-3-4-6-10)8-11-14-15-12(13)17-11/h9-10H,3-8H2,1-2H3. The van der Waals surface area contributed by atoms with Crippen LogP contribution in [0.3, 0.4) is 0 Å². The van der Waals surface area contributed by atoms with Gasteiger partial charge in [0.15, 0.2) is 0 Å². The van der Waals surface area contributed by atoms with Crippen molar-refractivity contribution in [3.8, 4) is 0 Å². The lowest BCUT2D eigenvalue weighted by Crippen LogP contribution is -2.35. The molecule has 1 aromatic rings. The summed E-state index contributed by atoms with van der Waals surface area (Å²) in [6, 6.07) is 0.736. The Labute approximate surface area is 112 Å². The molecule has 1 fully saturated rings. The number of nitrogens with zero attached hydrogens (tertiary/aromatic N) is 3. The average Bonchev–Trinajstić information content (AvgIpc) is 2.87. The van der Waals surface area contributed by atoms with Gasteiger partial charge in [0, 0.05) is 12.6 Å². The average molecular weight is 274 g/mol. The summed E-state index contributed by atoms with van der Waals surface area (Å²) in [6.07, 6.45) is 5.41. The van der Waals surface area contributed by atoms with Crippen LogP contribution in [0, 0.1) is 5.92 Å². The summed E-state index contributed by atoms with van der Waals surface area (Å²) in [5, 5.41) is 9.06. The lowest BCUT2D eigenvalue weighted by molar-refractivity contribution is 0.168. The summed E-state index contributed by atoms with van der Waals surface area (Å²) in [5.41, 5.74) is 0. The van der Waals surface area contributed by atoms with E-state index in [1.165, 1.54) is 37.0 Å². The zero-order chi connectivity index (χ0) is 12.3. The third-order valence-electron chi connectivity index (χ3n) is 3.22. The second-order valence-electron chi connectivity index (χ2n) is 5.21. The molecule has 17 heavy (non-hydrogen) atoms. The molecule has 1 aliphatic rings. The monoisotopic (exact) mass is 273 g/mol. The first kappa shape index (κ1) is 13.2. The molecule has 0 radical (unpaired) electrons. The van der Waals surface area contributed by atoms with Crippen molar-refractivity contribution in [2.45, 2.75) is 52.1 Å². The van der Waals surface area contributed by atoms with Gasteiger partial charge in [-0.2, -0.15) is 0 Å². The minimum Gasteiger partial charge on any atom is -0.293 e. The first-order chi connectivity index (χ1) is 8.15. The number of halogens is 1. The fraction of sp³-hybridized carbons (Fsp3) is 0.833. The molecule has 1 aliphatic carbocycles. The van der Waals surface area contributed by atoms with Crippen molar-refractivity contribution in [2.24, 2.45) is 5.92 Å². The molecular weight excluding hydrogens is 254 g/mol. The molecular formula is C12H20ClN3S. The third kappa shape index (κ3) is 3.90. The zero-order valence-electron chi connectivity index (χ0n) is 10.5. The largest absolute Gasteiger partial charge is 0.293 e. The normalized spacial score (nSPS) is 17.5. The van der Waals surface area contributed by atoms with E-state index in [0.717, 1.165) is 24.1 Å². The van der Waals surface area contributed by atoms with Gasteiger partial charge in [0.05, 0.1) is 6.54 Å². The molecule has 0 bridgehead atoms. The molecule has 3 nitrogen and oxygen atoms in total. The molecule has 96 valence electrons. The minimum atomic E-state index is 0.552. The molecule has 2 rings (SSSR count). The maximum atomic E-state index is 5.84. The molecule has 0 aliphatic heterocycles. The summed E-state index contributed by atoms with van der Waals surface area (Å²) < 4.78 is 0.552. The van der Waals surface area contributed by atoms with E-state index in [-0.39, 0.29) is 0 Å². The van der Waals surface area contributed by atoms with Crippen LogP contribution in [0.15, 0.2) is 0 Å². The fourth-order valence-electron chi connectivity index (χ4n) is 2.55. The molecule has 1 aromatic heterocycles. The van der Waals surface area contributed by atoms with Crippen molar-refractivity contribution in [3.05, 3.63) is 9.47 Å². The van der Waals surface area contributed by atoms with Gasteiger partial charge >= 0.3 is 0 Å². The number of hydrogen-bond donors (Lipinski definition) is 0. The van der Waals surface area contributed by atoms with E-state index in [1.807, 2.05) is 0 Å². The van der Waals surface area contributed by atoms with Crippen molar-refractivity contribution in [1.29, 1.82) is 0 Å². The van der Waals surface area contributed by atoms with Crippen molar-refractivity contribution in [2.75, 3.05) is 6.54 Å². The molecule has 0 spiro atoms. The maximum Gasteiger partial charge on any atom is 0.207 e. The molecule has 0 unspecified atom stereocenters. The molecule has 5 heteroatoms. The second kappa shape index (κ2) is 6.12. The van der Waals surface area contributed by atoms with Crippen LogP contribution >= 0.6 is 22.9 Å². The van der Waals surface area contributed by atoms with E-state index in [4.69, 9.17) is 11.6 Å². The molecule has 0 N–H and O–H groups in total. The van der Waals surface area contributed by atoms with Gasteiger partial charge in [0.2, 0.25) is 4.47 Å². The Hall–Kier alpha value is -0.190. The van der Waals surface area contributed by atoms with Crippen molar-refractivity contribution < 1.29 is 0 Å². The SMILES string of the molecule is CC(C)CN(Cc1nnc(Cl)s1)C1CCCC1. The van der Waals surface area contributed by atoms with Gasteiger partial charge in [-0.25, -0.2) is 0 Å². The van der Waals surface area contributed by atoms with E-state index >= 15 is 0 Å². The molecule has 0 saturated heterocycles. The Balaban J connectivity index is 1.99. The Morgan fingerprint density at radius 2 is 2.06 bits per heavy atom. The lowest BCUT2D eigenvalue weighted by atomic mass is 10.1. The molecule has 1 saturated carbocycles. The van der Waals surface area contributed by atoms with E-state index in [0.29, 0.717) is 10.4 Å². The Kier molecular flexibility index (Phi) is 4.77. The Morgan fingerprint density at radius 1 is 1.35 bits per heavy atom. The van der Waals surface area contributed by atoms with Crippen molar-refractivity contribution in [3.63, 3.8) is 0 Å². The summed E-state index contributed by atoms with van der Waals surface area (Å²) in [4.78, 5) is 2.56. The second-order valence-corrected chi connectivity index (χ2v) is 6.85. The van der Waals surface area contributed by atoms with E-state index < -0.39 is 0 Å². The quantitative estimate of drug-likeness (QED) is 0.821. The number of aromatic nitrogens is 2. The smallest absolute Gasteiger partial charge is 0.207 e. The Bertz CT molecular complexity index is 347. The lowest BCUT2D eigenvalue weighted by Gasteiger charge is -2.29. The third-order valence-corrected chi connectivity index (χ3v) is 4.22. The molecule has 0 aromatic carbocycles. The van der Waals surface area contributed by atoms with Gasteiger partial charge in [-0.15, -0.1) is 10.2 Å². The highest BCUT2D eigenvalue weighted by molar-refractivity contribution is 7.15. The fourth-order valence-corrected chi connectivity index (χ4v) is 3.44. The number of rotatable bonds is 5. The predicted molar refractivity (Wildman–Crippen MR) is 72.4 cm³/mol. The van der Waals surface area contributed by atoms with Gasteiger partial charge in [-0.3, -0.25) is 4.90 Å². The van der Waals surface area contributed by atoms with Crippen LogP contribution in [0.1, 0.15) is 44.5 Å². The first-order valence-electron chi connectivity index (χ1n) is 6.37. The van der Waals surface area contributed by atoms with Crippen LogP contribution in [0.2, 0.25) is 4.47 Å².